The van der Waals surface area contributed by atoms with E-state index < -0.39 is 0 Å². The van der Waals surface area contributed by atoms with Crippen molar-refractivity contribution in [2.75, 3.05) is 0 Å². The number of aliphatic hydroxyl groups is 1. The lowest BCUT2D eigenvalue weighted by Gasteiger charge is -2.39. The summed E-state index contributed by atoms with van der Waals surface area (Å²) in [6.07, 6.45) is 4.15. The maximum atomic E-state index is 9.40. The lowest BCUT2D eigenvalue weighted by atomic mass is 9.80. The minimum atomic E-state index is -0.247. The van der Waals surface area contributed by atoms with Crippen LogP contribution in [0.25, 0.3) is 0 Å². The van der Waals surface area contributed by atoms with E-state index in [-0.39, 0.29) is 5.60 Å². The van der Waals surface area contributed by atoms with Crippen molar-refractivity contribution in [2.45, 2.75) is 35.6 Å². The molecule has 46 valence electrons. The van der Waals surface area contributed by atoms with Crippen molar-refractivity contribution in [1.29, 1.82) is 0 Å². The van der Waals surface area contributed by atoms with Gasteiger partial charge in [-0.1, -0.05) is 15.9 Å². The number of halogens is 1. The van der Waals surface area contributed by atoms with Crippen LogP contribution < -0.4 is 0 Å². The highest BCUT2D eigenvalue weighted by molar-refractivity contribution is 9.10. The van der Waals surface area contributed by atoms with Gasteiger partial charge in [0.05, 0.1) is 5.60 Å². The molecule has 3 rings (SSSR count). The van der Waals surface area contributed by atoms with Crippen LogP contribution >= 0.6 is 15.9 Å². The summed E-state index contributed by atoms with van der Waals surface area (Å²) in [5.41, 5.74) is -0.247. The van der Waals surface area contributed by atoms with Crippen LogP contribution in [0.1, 0.15) is 25.7 Å². The normalized spacial score (nSPS) is 60.8. The van der Waals surface area contributed by atoms with Crippen molar-refractivity contribution in [1.82, 2.24) is 0 Å². The predicted octanol–water partition coefficient (Wildman–Crippen LogP) is 1.44. The van der Waals surface area contributed by atoms with E-state index in [0.717, 1.165) is 19.3 Å². The Hall–Kier alpha value is 0.440. The van der Waals surface area contributed by atoms with Gasteiger partial charge in [-0.15, -0.1) is 0 Å². The Morgan fingerprint density at radius 1 is 1.25 bits per heavy atom. The van der Waals surface area contributed by atoms with Gasteiger partial charge >= 0.3 is 0 Å². The molecule has 0 aromatic carbocycles. The van der Waals surface area contributed by atoms with E-state index >= 15 is 0 Å². The van der Waals surface area contributed by atoms with Crippen LogP contribution in [0.3, 0.4) is 0 Å². The van der Waals surface area contributed by atoms with Gasteiger partial charge in [-0.2, -0.15) is 0 Å². The van der Waals surface area contributed by atoms with Gasteiger partial charge in [-0.05, 0) is 25.7 Å². The fraction of sp³-hybridized carbons (Fsp3) is 1.00. The second-order valence-electron chi connectivity index (χ2n) is 3.23. The second-order valence-corrected chi connectivity index (χ2v) is 4.91. The fourth-order valence-electron chi connectivity index (χ4n) is 1.94. The van der Waals surface area contributed by atoms with Crippen LogP contribution in [0.5, 0.6) is 0 Å². The zero-order valence-corrected chi connectivity index (χ0v) is 6.24. The molecule has 3 fully saturated rings. The Balaban J connectivity index is 2.22. The van der Waals surface area contributed by atoms with E-state index in [0.29, 0.717) is 4.32 Å². The molecule has 3 aliphatic carbocycles. The topological polar surface area (TPSA) is 20.2 Å². The first kappa shape index (κ1) is 5.24. The second kappa shape index (κ2) is 1.14. The van der Waals surface area contributed by atoms with Crippen molar-refractivity contribution < 1.29 is 5.11 Å². The highest BCUT2D eigenvalue weighted by Crippen LogP contribution is 2.59. The Kier molecular flexibility index (Phi) is 0.748. The molecule has 0 saturated heterocycles. The zero-order chi connectivity index (χ0) is 5.83. The van der Waals surface area contributed by atoms with Crippen molar-refractivity contribution in [3.8, 4) is 0 Å². The van der Waals surface area contributed by atoms with Gasteiger partial charge in [-0.3, -0.25) is 0 Å². The van der Waals surface area contributed by atoms with Gasteiger partial charge in [0.25, 0.3) is 0 Å². The Morgan fingerprint density at radius 3 is 2.00 bits per heavy atom. The van der Waals surface area contributed by atoms with Crippen LogP contribution in [-0.2, 0) is 0 Å². The van der Waals surface area contributed by atoms with E-state index in [4.69, 9.17) is 0 Å². The standard InChI is InChI=1S/C6H9BrO/c7-5-1-2-6(8,3-5)4-5/h8H,1-4H2. The lowest BCUT2D eigenvalue weighted by Crippen LogP contribution is -2.43. The van der Waals surface area contributed by atoms with Crippen molar-refractivity contribution in [3.63, 3.8) is 0 Å². The van der Waals surface area contributed by atoms with Gasteiger partial charge in [0.1, 0.15) is 0 Å². The molecule has 0 spiro atoms. The maximum Gasteiger partial charge on any atom is 0.0675 e. The molecular formula is C6H9BrO. The summed E-state index contributed by atoms with van der Waals surface area (Å²) in [6, 6.07) is 0. The highest BCUT2D eigenvalue weighted by atomic mass is 79.9. The summed E-state index contributed by atoms with van der Waals surface area (Å²) in [5, 5.41) is 9.40. The zero-order valence-electron chi connectivity index (χ0n) is 4.65. The summed E-state index contributed by atoms with van der Waals surface area (Å²) in [6.45, 7) is 0. The van der Waals surface area contributed by atoms with E-state index in [1.54, 1.807) is 0 Å². The first-order valence-electron chi connectivity index (χ1n) is 3.03. The average molecular weight is 177 g/mol. The third-order valence-electron chi connectivity index (χ3n) is 2.33. The Bertz CT molecular complexity index is 112. The highest BCUT2D eigenvalue weighted by Gasteiger charge is 2.58. The van der Waals surface area contributed by atoms with E-state index in [2.05, 4.69) is 15.9 Å². The summed E-state index contributed by atoms with van der Waals surface area (Å²) < 4.78 is 0.363. The molecule has 3 aliphatic rings. The molecule has 3 saturated carbocycles. The number of hydrogen-bond acceptors (Lipinski definition) is 1. The minimum Gasteiger partial charge on any atom is -0.390 e. The first-order valence-corrected chi connectivity index (χ1v) is 3.83. The maximum absolute atomic E-state index is 9.40. The monoisotopic (exact) mass is 176 g/mol. The first-order chi connectivity index (χ1) is 3.62. The Morgan fingerprint density at radius 2 is 1.88 bits per heavy atom. The molecule has 8 heavy (non-hydrogen) atoms. The molecule has 0 unspecified atom stereocenters. The average Bonchev–Trinajstić information content (AvgIpc) is 1.88. The number of alkyl halides is 1. The van der Waals surface area contributed by atoms with Gasteiger partial charge < -0.3 is 5.11 Å². The van der Waals surface area contributed by atoms with Gasteiger partial charge in [0, 0.05) is 4.32 Å². The number of fused-ring (bicyclic) bond motifs is 1. The summed E-state index contributed by atoms with van der Waals surface area (Å²) in [7, 11) is 0. The molecule has 0 aliphatic heterocycles. The molecule has 0 aromatic heterocycles. The molecule has 2 heteroatoms. The molecule has 2 bridgehead atoms. The summed E-state index contributed by atoms with van der Waals surface area (Å²) >= 11 is 3.58. The molecule has 0 heterocycles. The lowest BCUT2D eigenvalue weighted by molar-refractivity contribution is -0.00812. The molecule has 1 nitrogen and oxygen atoms in total. The number of rotatable bonds is 0. The molecule has 1 N–H and O–H groups in total. The fourth-order valence-corrected chi connectivity index (χ4v) is 3.18. The van der Waals surface area contributed by atoms with Crippen molar-refractivity contribution in [3.05, 3.63) is 0 Å². The molecule has 0 atom stereocenters. The van der Waals surface area contributed by atoms with Gasteiger partial charge in [0.2, 0.25) is 0 Å². The van der Waals surface area contributed by atoms with Crippen LogP contribution in [0.4, 0.5) is 0 Å². The SMILES string of the molecule is OC12CCC(Br)(C1)C2. The summed E-state index contributed by atoms with van der Waals surface area (Å²) in [5.74, 6) is 0. The quantitative estimate of drug-likeness (QED) is 0.555. The van der Waals surface area contributed by atoms with Gasteiger partial charge in [0.15, 0.2) is 0 Å². The van der Waals surface area contributed by atoms with E-state index in [1.165, 1.54) is 6.42 Å². The van der Waals surface area contributed by atoms with E-state index in [9.17, 15) is 5.11 Å². The third-order valence-corrected chi connectivity index (χ3v) is 3.29. The minimum absolute atomic E-state index is 0.247. The van der Waals surface area contributed by atoms with Crippen LogP contribution in [-0.4, -0.2) is 15.0 Å². The molecule has 0 aromatic rings. The van der Waals surface area contributed by atoms with Crippen LogP contribution in [0, 0.1) is 0 Å². The molecule has 0 amide bonds. The largest absolute Gasteiger partial charge is 0.390 e. The molecular weight excluding hydrogens is 168 g/mol. The van der Waals surface area contributed by atoms with Crippen molar-refractivity contribution >= 4 is 15.9 Å². The predicted molar refractivity (Wildman–Crippen MR) is 35.1 cm³/mol. The number of hydrogen-bond donors (Lipinski definition) is 1. The van der Waals surface area contributed by atoms with Crippen LogP contribution in [0.15, 0.2) is 0 Å². The smallest absolute Gasteiger partial charge is 0.0675 e. The van der Waals surface area contributed by atoms with E-state index in [1.807, 2.05) is 0 Å². The molecule has 0 radical (unpaired) electrons. The van der Waals surface area contributed by atoms with Crippen LogP contribution in [0.2, 0.25) is 0 Å². The Labute approximate surface area is 57.2 Å². The van der Waals surface area contributed by atoms with Gasteiger partial charge in [-0.25, -0.2) is 0 Å². The van der Waals surface area contributed by atoms with Crippen molar-refractivity contribution in [2.24, 2.45) is 0 Å². The summed E-state index contributed by atoms with van der Waals surface area (Å²) in [4.78, 5) is 0. The third kappa shape index (κ3) is 0.504.